The molecule has 5 nitrogen and oxygen atoms in total. The first-order valence-corrected chi connectivity index (χ1v) is 11.3. The molecule has 0 saturated heterocycles. The summed E-state index contributed by atoms with van der Waals surface area (Å²) in [7, 11) is 1.60. The third-order valence-corrected chi connectivity index (χ3v) is 5.83. The van der Waals surface area contributed by atoms with Crippen molar-refractivity contribution < 1.29 is 14.3 Å². The van der Waals surface area contributed by atoms with Gasteiger partial charge in [0.2, 0.25) is 11.8 Å². The van der Waals surface area contributed by atoms with Gasteiger partial charge in [0.15, 0.2) is 0 Å². The first kappa shape index (κ1) is 25.0. The number of rotatable bonds is 11. The van der Waals surface area contributed by atoms with Crippen LogP contribution in [0.3, 0.4) is 0 Å². The van der Waals surface area contributed by atoms with E-state index in [0.29, 0.717) is 28.6 Å². The summed E-state index contributed by atoms with van der Waals surface area (Å²) in [6, 6.07) is 11.9. The average Bonchev–Trinajstić information content (AvgIpc) is 2.76. The summed E-state index contributed by atoms with van der Waals surface area (Å²) in [5.41, 5.74) is 1.47. The Kier molecular flexibility index (Phi) is 10.2. The Morgan fingerprint density at radius 2 is 1.71 bits per heavy atom. The topological polar surface area (TPSA) is 58.6 Å². The number of methoxy groups -OCH3 is 1. The van der Waals surface area contributed by atoms with Crippen molar-refractivity contribution in [3.05, 3.63) is 63.6 Å². The maximum atomic E-state index is 13.4. The number of unbranched alkanes of at least 4 members (excludes halogenated alkanes) is 1. The molecule has 0 aliphatic heterocycles. The normalized spacial score (nSPS) is 11.6. The van der Waals surface area contributed by atoms with E-state index in [1.54, 1.807) is 30.2 Å². The predicted molar refractivity (Wildman–Crippen MR) is 126 cm³/mol. The Bertz CT molecular complexity index is 851. The molecule has 0 bridgehead atoms. The molecule has 0 unspecified atom stereocenters. The second kappa shape index (κ2) is 12.6. The molecule has 0 aromatic heterocycles. The summed E-state index contributed by atoms with van der Waals surface area (Å²) in [4.78, 5) is 27.8. The molecule has 0 aliphatic rings. The number of ether oxygens (including phenoxy) is 1. The maximum absolute atomic E-state index is 13.4. The number of hydrogen-bond donors (Lipinski definition) is 1. The number of carbonyl (C=O) groups excluding carboxylic acids is 2. The summed E-state index contributed by atoms with van der Waals surface area (Å²) in [6.45, 7) is 4.70. The van der Waals surface area contributed by atoms with Crippen molar-refractivity contribution in [1.29, 1.82) is 0 Å². The zero-order valence-electron chi connectivity index (χ0n) is 18.3. The van der Waals surface area contributed by atoms with Gasteiger partial charge in [0.1, 0.15) is 11.8 Å². The Morgan fingerprint density at radius 1 is 1.06 bits per heavy atom. The van der Waals surface area contributed by atoms with Crippen LogP contribution in [0, 0.1) is 0 Å². The number of nitrogens with zero attached hydrogens (tertiary/aromatic N) is 1. The van der Waals surface area contributed by atoms with Crippen LogP contribution in [-0.2, 0) is 22.6 Å². The third-order valence-electron chi connectivity index (χ3n) is 5.12. The Labute approximate surface area is 194 Å². The molecule has 1 N–H and O–H groups in total. The van der Waals surface area contributed by atoms with Crippen molar-refractivity contribution in [2.24, 2.45) is 0 Å². The number of amides is 2. The van der Waals surface area contributed by atoms with Crippen LogP contribution < -0.4 is 10.1 Å². The molecule has 31 heavy (non-hydrogen) atoms. The molecule has 168 valence electrons. The van der Waals surface area contributed by atoms with E-state index < -0.39 is 6.04 Å². The van der Waals surface area contributed by atoms with Crippen molar-refractivity contribution in [2.75, 3.05) is 13.7 Å². The lowest BCUT2D eigenvalue weighted by Gasteiger charge is -2.31. The molecule has 2 amide bonds. The average molecular weight is 465 g/mol. The van der Waals surface area contributed by atoms with Crippen LogP contribution >= 0.6 is 23.2 Å². The van der Waals surface area contributed by atoms with Gasteiger partial charge in [-0.25, -0.2) is 0 Å². The number of hydrogen-bond acceptors (Lipinski definition) is 3. The molecular formula is C24H30Cl2N2O3. The first-order chi connectivity index (χ1) is 14.9. The van der Waals surface area contributed by atoms with Gasteiger partial charge in [-0.15, -0.1) is 0 Å². The van der Waals surface area contributed by atoms with Crippen LogP contribution in [0.15, 0.2) is 42.5 Å². The molecule has 2 rings (SSSR count). The molecule has 0 radical (unpaired) electrons. The van der Waals surface area contributed by atoms with Crippen LogP contribution in [0.25, 0.3) is 0 Å². The zero-order valence-corrected chi connectivity index (χ0v) is 19.8. The van der Waals surface area contributed by atoms with Gasteiger partial charge >= 0.3 is 0 Å². The van der Waals surface area contributed by atoms with Crippen LogP contribution in [0.4, 0.5) is 0 Å². The quantitative estimate of drug-likeness (QED) is 0.460. The standard InChI is InChI=1S/C24H30Cl2N2O3/c1-4-6-14-27-24(30)22(5-2)28(16-19-20(25)8-7-9-21(19)26)23(29)15-17-10-12-18(31-3)13-11-17/h7-13,22H,4-6,14-16H2,1-3H3,(H,27,30)/t22-/m0/s1. The summed E-state index contributed by atoms with van der Waals surface area (Å²) in [5.74, 6) is 0.387. The highest BCUT2D eigenvalue weighted by molar-refractivity contribution is 6.36. The number of halogens is 2. The lowest BCUT2D eigenvalue weighted by molar-refractivity contribution is -0.140. The van der Waals surface area contributed by atoms with Crippen molar-refractivity contribution in [3.8, 4) is 5.75 Å². The second-order valence-corrected chi connectivity index (χ2v) is 8.13. The molecule has 0 heterocycles. The van der Waals surface area contributed by atoms with E-state index in [2.05, 4.69) is 12.2 Å². The Morgan fingerprint density at radius 3 is 2.26 bits per heavy atom. The van der Waals surface area contributed by atoms with E-state index in [1.165, 1.54) is 0 Å². The van der Waals surface area contributed by atoms with E-state index in [0.717, 1.165) is 24.2 Å². The molecule has 2 aromatic rings. The predicted octanol–water partition coefficient (Wildman–Crippen LogP) is 5.27. The van der Waals surface area contributed by atoms with Gasteiger partial charge in [0.05, 0.1) is 13.5 Å². The first-order valence-electron chi connectivity index (χ1n) is 10.5. The maximum Gasteiger partial charge on any atom is 0.242 e. The monoisotopic (exact) mass is 464 g/mol. The third kappa shape index (κ3) is 7.15. The molecule has 0 aliphatic carbocycles. The Hall–Kier alpha value is -2.24. The van der Waals surface area contributed by atoms with Gasteiger partial charge in [0.25, 0.3) is 0 Å². The van der Waals surface area contributed by atoms with Gasteiger partial charge in [-0.2, -0.15) is 0 Å². The van der Waals surface area contributed by atoms with E-state index in [9.17, 15) is 9.59 Å². The minimum Gasteiger partial charge on any atom is -0.497 e. The number of carbonyl (C=O) groups is 2. The molecule has 7 heteroatoms. The fraction of sp³-hybridized carbons (Fsp3) is 0.417. The van der Waals surface area contributed by atoms with E-state index in [-0.39, 0.29) is 24.8 Å². The van der Waals surface area contributed by atoms with Crippen molar-refractivity contribution in [3.63, 3.8) is 0 Å². The van der Waals surface area contributed by atoms with Crippen molar-refractivity contribution in [1.82, 2.24) is 10.2 Å². The number of benzene rings is 2. The molecule has 2 aromatic carbocycles. The van der Waals surface area contributed by atoms with Gasteiger partial charge < -0.3 is 15.0 Å². The largest absolute Gasteiger partial charge is 0.497 e. The summed E-state index contributed by atoms with van der Waals surface area (Å²) in [6.07, 6.45) is 2.50. The minimum atomic E-state index is -0.616. The molecule has 0 fully saturated rings. The van der Waals surface area contributed by atoms with E-state index in [4.69, 9.17) is 27.9 Å². The highest BCUT2D eigenvalue weighted by atomic mass is 35.5. The number of nitrogens with one attached hydrogen (secondary N) is 1. The lowest BCUT2D eigenvalue weighted by atomic mass is 10.1. The van der Waals surface area contributed by atoms with Gasteiger partial charge in [-0.3, -0.25) is 9.59 Å². The molecular weight excluding hydrogens is 435 g/mol. The fourth-order valence-corrected chi connectivity index (χ4v) is 3.82. The zero-order chi connectivity index (χ0) is 22.8. The summed E-state index contributed by atoms with van der Waals surface area (Å²) >= 11 is 12.7. The van der Waals surface area contributed by atoms with E-state index in [1.807, 2.05) is 31.2 Å². The van der Waals surface area contributed by atoms with Gasteiger partial charge in [-0.05, 0) is 42.7 Å². The minimum absolute atomic E-state index is 0.158. The summed E-state index contributed by atoms with van der Waals surface area (Å²) in [5, 5.41) is 3.89. The molecule has 1 atom stereocenters. The van der Waals surface area contributed by atoms with Gasteiger partial charge in [0, 0.05) is 28.7 Å². The van der Waals surface area contributed by atoms with Crippen LogP contribution in [-0.4, -0.2) is 36.4 Å². The van der Waals surface area contributed by atoms with Crippen LogP contribution in [0.2, 0.25) is 10.0 Å². The summed E-state index contributed by atoms with van der Waals surface area (Å²) < 4.78 is 5.18. The van der Waals surface area contributed by atoms with Crippen molar-refractivity contribution >= 4 is 35.0 Å². The highest BCUT2D eigenvalue weighted by Gasteiger charge is 2.29. The molecule has 0 spiro atoms. The molecule has 0 saturated carbocycles. The van der Waals surface area contributed by atoms with Crippen LogP contribution in [0.1, 0.15) is 44.2 Å². The van der Waals surface area contributed by atoms with Crippen LogP contribution in [0.5, 0.6) is 5.75 Å². The van der Waals surface area contributed by atoms with Gasteiger partial charge in [-0.1, -0.05) is 61.7 Å². The second-order valence-electron chi connectivity index (χ2n) is 7.32. The SMILES string of the molecule is CCCCNC(=O)[C@H](CC)N(Cc1c(Cl)cccc1Cl)C(=O)Cc1ccc(OC)cc1. The lowest BCUT2D eigenvalue weighted by Crippen LogP contribution is -2.49. The highest BCUT2D eigenvalue weighted by Crippen LogP contribution is 2.27. The smallest absolute Gasteiger partial charge is 0.242 e. The Balaban J connectivity index is 2.30. The van der Waals surface area contributed by atoms with Crippen molar-refractivity contribution in [2.45, 2.75) is 52.1 Å². The fourth-order valence-electron chi connectivity index (χ4n) is 3.30. The van der Waals surface area contributed by atoms with E-state index >= 15 is 0 Å².